The molecule has 4 heteroatoms. The van der Waals surface area contributed by atoms with Crippen LogP contribution in [-0.2, 0) is 0 Å². The number of benzene rings is 1. The van der Waals surface area contributed by atoms with Crippen LogP contribution in [0.1, 0.15) is 35.7 Å². The highest BCUT2D eigenvalue weighted by Crippen LogP contribution is 2.19. The van der Waals surface area contributed by atoms with Crippen molar-refractivity contribution in [2.75, 3.05) is 0 Å². The molecular weight excluding hydrogens is 339 g/mol. The molecule has 2 aromatic rings. The van der Waals surface area contributed by atoms with E-state index in [1.54, 1.807) is 28.7 Å². The molecule has 0 bridgehead atoms. The predicted molar refractivity (Wildman–Crippen MR) is 79.9 cm³/mol. The van der Waals surface area contributed by atoms with Crippen molar-refractivity contribution >= 4 is 26.4 Å². The van der Waals surface area contributed by atoms with E-state index in [0.29, 0.717) is 17.3 Å². The fourth-order valence-corrected chi connectivity index (χ4v) is 1.90. The third-order valence-corrected chi connectivity index (χ3v) is 3.31. The highest BCUT2D eigenvalue weighted by Gasteiger charge is 2.06. The Morgan fingerprint density at radius 3 is 2.44 bits per heavy atom. The van der Waals surface area contributed by atoms with Crippen LogP contribution in [0.15, 0.2) is 36.7 Å². The molecule has 0 saturated heterocycles. The van der Waals surface area contributed by atoms with Crippen molar-refractivity contribution in [1.29, 1.82) is 0 Å². The zero-order valence-corrected chi connectivity index (χ0v) is 12.4. The van der Waals surface area contributed by atoms with Gasteiger partial charge in [-0.25, -0.2) is 9.97 Å². The predicted octanol–water partition coefficient (Wildman–Crippen LogP) is 3.84. The first kappa shape index (κ1) is 13.1. The van der Waals surface area contributed by atoms with Gasteiger partial charge in [-0.1, -0.05) is 32.0 Å². The zero-order chi connectivity index (χ0) is 13.1. The number of nitrogens with zero attached hydrogens (tertiary/aromatic N) is 2. The summed E-state index contributed by atoms with van der Waals surface area (Å²) in [6, 6.07) is 7.37. The van der Waals surface area contributed by atoms with Crippen molar-refractivity contribution in [3.05, 3.63) is 47.8 Å². The minimum absolute atomic E-state index is 0.0215. The van der Waals surface area contributed by atoms with Gasteiger partial charge in [0.2, 0.25) is 3.79 Å². The highest BCUT2D eigenvalue weighted by atomic mass is 127. The molecule has 0 fully saturated rings. The Morgan fingerprint density at radius 2 is 1.89 bits per heavy atom. The van der Waals surface area contributed by atoms with E-state index in [2.05, 4.69) is 23.8 Å². The number of carbonyl (C=O) groups is 1. The fraction of sp³-hybridized carbons (Fsp3) is 0.214. The van der Waals surface area contributed by atoms with Gasteiger partial charge in [-0.05, 0) is 17.5 Å². The quantitative estimate of drug-likeness (QED) is 0.623. The molecule has 0 N–H and O–H groups in total. The second-order valence-electron chi connectivity index (χ2n) is 4.35. The van der Waals surface area contributed by atoms with E-state index in [1.165, 1.54) is 0 Å². The molecule has 1 heterocycles. The number of rotatable bonds is 3. The van der Waals surface area contributed by atoms with Gasteiger partial charge in [0.25, 0.3) is 0 Å². The van der Waals surface area contributed by atoms with Crippen molar-refractivity contribution in [1.82, 2.24) is 9.97 Å². The number of aromatic nitrogens is 2. The lowest BCUT2D eigenvalue weighted by atomic mass is 10.1. The molecule has 18 heavy (non-hydrogen) atoms. The Morgan fingerprint density at radius 1 is 1.22 bits per heavy atom. The van der Waals surface area contributed by atoms with E-state index in [4.69, 9.17) is 0 Å². The highest BCUT2D eigenvalue weighted by molar-refractivity contribution is 14.1. The summed E-state index contributed by atoms with van der Waals surface area (Å²) in [7, 11) is 0. The van der Waals surface area contributed by atoms with E-state index in [1.807, 2.05) is 30.6 Å². The average Bonchev–Trinajstić information content (AvgIpc) is 2.39. The summed E-state index contributed by atoms with van der Waals surface area (Å²) in [4.78, 5) is 20.0. The van der Waals surface area contributed by atoms with E-state index in [9.17, 15) is 4.79 Å². The van der Waals surface area contributed by atoms with Gasteiger partial charge in [0.05, 0.1) is 0 Å². The van der Waals surface area contributed by atoms with Gasteiger partial charge in [0, 0.05) is 46.1 Å². The van der Waals surface area contributed by atoms with Crippen LogP contribution in [0.4, 0.5) is 0 Å². The normalized spacial score (nSPS) is 10.7. The topological polar surface area (TPSA) is 42.9 Å². The Bertz CT molecular complexity index is 564. The molecule has 0 aliphatic heterocycles. The number of halogens is 1. The summed E-state index contributed by atoms with van der Waals surface area (Å²) in [6.45, 7) is 4.21. The molecule has 0 aliphatic carbocycles. The summed E-state index contributed by atoms with van der Waals surface area (Å²) in [6.07, 6.45) is 3.68. The lowest BCUT2D eigenvalue weighted by molar-refractivity contribution is 0.110. The van der Waals surface area contributed by atoms with Crippen LogP contribution in [0.2, 0.25) is 0 Å². The van der Waals surface area contributed by atoms with Crippen LogP contribution in [0.25, 0.3) is 11.4 Å². The molecule has 0 atom stereocenters. The molecule has 1 aromatic heterocycles. The first-order chi connectivity index (χ1) is 8.58. The van der Waals surface area contributed by atoms with Crippen LogP contribution < -0.4 is 0 Å². The molecule has 1 aromatic carbocycles. The Hall–Kier alpha value is -1.30. The van der Waals surface area contributed by atoms with Crippen molar-refractivity contribution in [2.45, 2.75) is 19.8 Å². The van der Waals surface area contributed by atoms with Crippen LogP contribution in [0, 0.1) is 0 Å². The molecular formula is C14H13IN2O. The second kappa shape index (κ2) is 5.56. The molecule has 0 saturated carbocycles. The van der Waals surface area contributed by atoms with E-state index >= 15 is 0 Å². The van der Waals surface area contributed by atoms with Crippen LogP contribution in [0.3, 0.4) is 0 Å². The van der Waals surface area contributed by atoms with Gasteiger partial charge in [-0.2, -0.15) is 0 Å². The third kappa shape index (κ3) is 2.93. The third-order valence-electron chi connectivity index (χ3n) is 2.69. The maximum absolute atomic E-state index is 11.3. The SMILES string of the molecule is CC(C)c1cnc(-c2cccc(C(=O)I)c2)nc1. The van der Waals surface area contributed by atoms with E-state index < -0.39 is 0 Å². The molecule has 2 rings (SSSR count). The first-order valence-corrected chi connectivity index (χ1v) is 6.78. The largest absolute Gasteiger partial charge is 0.282 e. The Kier molecular flexibility index (Phi) is 4.06. The summed E-state index contributed by atoms with van der Waals surface area (Å²) in [5.41, 5.74) is 2.65. The van der Waals surface area contributed by atoms with Gasteiger partial charge in [0.15, 0.2) is 5.82 Å². The minimum Gasteiger partial charge on any atom is -0.282 e. The van der Waals surface area contributed by atoms with E-state index in [-0.39, 0.29) is 3.79 Å². The Balaban J connectivity index is 2.36. The van der Waals surface area contributed by atoms with Crippen LogP contribution in [0.5, 0.6) is 0 Å². The lowest BCUT2D eigenvalue weighted by Gasteiger charge is -2.05. The summed E-state index contributed by atoms with van der Waals surface area (Å²) < 4.78 is 0.0215. The van der Waals surface area contributed by atoms with Crippen molar-refractivity contribution in [2.24, 2.45) is 0 Å². The maximum atomic E-state index is 11.3. The first-order valence-electron chi connectivity index (χ1n) is 5.70. The summed E-state index contributed by atoms with van der Waals surface area (Å²) in [5.74, 6) is 1.07. The van der Waals surface area contributed by atoms with Gasteiger partial charge >= 0.3 is 0 Å². The van der Waals surface area contributed by atoms with Crippen LogP contribution in [-0.4, -0.2) is 13.8 Å². The van der Waals surface area contributed by atoms with Gasteiger partial charge < -0.3 is 0 Å². The van der Waals surface area contributed by atoms with Gasteiger partial charge in [-0.15, -0.1) is 0 Å². The van der Waals surface area contributed by atoms with Gasteiger partial charge in [0.1, 0.15) is 0 Å². The maximum Gasteiger partial charge on any atom is 0.222 e. The fourth-order valence-electron chi connectivity index (χ4n) is 1.57. The van der Waals surface area contributed by atoms with Crippen molar-refractivity contribution in [3.8, 4) is 11.4 Å². The molecule has 92 valence electrons. The molecule has 3 nitrogen and oxygen atoms in total. The smallest absolute Gasteiger partial charge is 0.222 e. The van der Waals surface area contributed by atoms with Crippen LogP contribution >= 0.6 is 22.6 Å². The van der Waals surface area contributed by atoms with Crippen molar-refractivity contribution in [3.63, 3.8) is 0 Å². The van der Waals surface area contributed by atoms with Crippen molar-refractivity contribution < 1.29 is 4.79 Å². The number of carbonyl (C=O) groups excluding carboxylic acids is 1. The Labute approximate surface area is 120 Å². The molecule has 0 spiro atoms. The summed E-state index contributed by atoms with van der Waals surface area (Å²) >= 11 is 1.78. The molecule has 0 radical (unpaired) electrons. The number of hydrogen-bond acceptors (Lipinski definition) is 3. The second-order valence-corrected chi connectivity index (χ2v) is 5.33. The standard InChI is InChI=1S/C14H13IN2O/c1-9(2)12-7-16-14(17-8-12)11-5-3-4-10(6-11)13(15)18/h3-9H,1-2H3. The lowest BCUT2D eigenvalue weighted by Crippen LogP contribution is -1.95. The summed E-state index contributed by atoms with van der Waals surface area (Å²) in [5, 5.41) is 0. The monoisotopic (exact) mass is 352 g/mol. The molecule has 0 amide bonds. The average molecular weight is 352 g/mol. The van der Waals surface area contributed by atoms with Gasteiger partial charge in [-0.3, -0.25) is 4.79 Å². The number of hydrogen-bond donors (Lipinski definition) is 0. The minimum atomic E-state index is 0.0215. The molecule has 0 unspecified atom stereocenters. The van der Waals surface area contributed by atoms with E-state index in [0.717, 1.165) is 11.1 Å². The zero-order valence-electron chi connectivity index (χ0n) is 10.2. The molecule has 0 aliphatic rings.